The monoisotopic (exact) mass is 467 g/mol. The number of nitrogens with one attached hydrogen (secondary N) is 3. The van der Waals surface area contributed by atoms with E-state index in [0.717, 1.165) is 4.47 Å². The minimum absolute atomic E-state index is 0.0334. The number of halogens is 3. The molecule has 0 radical (unpaired) electrons. The number of benzene rings is 2. The molecule has 2 atom stereocenters. The van der Waals surface area contributed by atoms with E-state index in [9.17, 15) is 13.6 Å². The van der Waals surface area contributed by atoms with Crippen LogP contribution in [0, 0.1) is 5.92 Å². The van der Waals surface area contributed by atoms with Crippen LogP contribution in [-0.2, 0) is 4.79 Å². The largest absolute Gasteiger partial charge is 0.434 e. The topological polar surface area (TPSA) is 62.4 Å². The number of rotatable bonds is 5. The van der Waals surface area contributed by atoms with Gasteiger partial charge in [0, 0.05) is 21.4 Å². The lowest BCUT2D eigenvalue weighted by atomic mass is 9.87. The number of carbonyl (C=O) groups is 1. The first-order valence-electron chi connectivity index (χ1n) is 8.21. The van der Waals surface area contributed by atoms with Crippen LogP contribution in [0.25, 0.3) is 0 Å². The smallest absolute Gasteiger partial charge is 0.387 e. The molecule has 9 heteroatoms. The van der Waals surface area contributed by atoms with Crippen LogP contribution in [0.5, 0.6) is 5.75 Å². The summed E-state index contributed by atoms with van der Waals surface area (Å²) in [7, 11) is 0. The molecule has 0 aromatic heterocycles. The Balaban J connectivity index is 1.93. The Morgan fingerprint density at radius 3 is 2.57 bits per heavy atom. The highest BCUT2D eigenvalue weighted by Crippen LogP contribution is 2.36. The maximum atomic E-state index is 13.0. The Morgan fingerprint density at radius 2 is 1.89 bits per heavy atom. The lowest BCUT2D eigenvalue weighted by Gasteiger charge is -2.36. The highest BCUT2D eigenvalue weighted by Gasteiger charge is 2.38. The third kappa shape index (κ3) is 4.66. The fourth-order valence-electron chi connectivity index (χ4n) is 2.95. The van der Waals surface area contributed by atoms with Gasteiger partial charge < -0.3 is 20.7 Å². The number of carbonyl (C=O) groups excluding carboxylic acids is 1. The van der Waals surface area contributed by atoms with Gasteiger partial charge in [-0.05, 0) is 42.5 Å². The number of para-hydroxylation sites is 1. The Bertz CT molecular complexity index is 908. The quantitative estimate of drug-likeness (QED) is 0.571. The first-order chi connectivity index (χ1) is 13.3. The molecule has 0 saturated carbocycles. The van der Waals surface area contributed by atoms with Gasteiger partial charge in [-0.3, -0.25) is 4.79 Å². The molecule has 0 bridgehead atoms. The van der Waals surface area contributed by atoms with E-state index in [2.05, 4.69) is 43.2 Å². The minimum Gasteiger partial charge on any atom is -0.434 e. The standard InChI is InChI=1S/C19H16BrF2N3O2S/c1-10-15(17(26)24-12-8-6-11(20)7-9-12)16(25-19(28)23-10)13-4-2-3-5-14(13)27-18(21)22/h2-9,15-16,18H,1H2,(H,24,26)(H2,23,25,28)/t15-,16+/m1/s1. The van der Waals surface area contributed by atoms with E-state index in [-0.39, 0.29) is 16.8 Å². The van der Waals surface area contributed by atoms with E-state index in [1.807, 2.05) is 0 Å². The van der Waals surface area contributed by atoms with Crippen molar-refractivity contribution in [2.75, 3.05) is 5.32 Å². The Morgan fingerprint density at radius 1 is 1.21 bits per heavy atom. The maximum Gasteiger partial charge on any atom is 0.387 e. The fraction of sp³-hybridized carbons (Fsp3) is 0.158. The van der Waals surface area contributed by atoms with E-state index in [0.29, 0.717) is 16.9 Å². The fourth-order valence-corrected chi connectivity index (χ4v) is 3.47. The zero-order valence-electron chi connectivity index (χ0n) is 14.4. The van der Waals surface area contributed by atoms with Crippen LogP contribution in [0.15, 0.2) is 65.3 Å². The normalized spacial score (nSPS) is 19.0. The highest BCUT2D eigenvalue weighted by molar-refractivity contribution is 9.10. The van der Waals surface area contributed by atoms with Crippen LogP contribution in [0.4, 0.5) is 14.5 Å². The van der Waals surface area contributed by atoms with Crippen LogP contribution >= 0.6 is 28.1 Å². The van der Waals surface area contributed by atoms with Crippen molar-refractivity contribution >= 4 is 44.9 Å². The van der Waals surface area contributed by atoms with E-state index >= 15 is 0 Å². The maximum absolute atomic E-state index is 13.0. The van der Waals surface area contributed by atoms with Crippen LogP contribution in [0.1, 0.15) is 11.6 Å². The number of hydrogen-bond acceptors (Lipinski definition) is 3. The molecular weight excluding hydrogens is 452 g/mol. The predicted molar refractivity (Wildman–Crippen MR) is 110 cm³/mol. The number of ether oxygens (including phenoxy) is 1. The third-order valence-corrected chi connectivity index (χ3v) is 4.88. The van der Waals surface area contributed by atoms with Crippen molar-refractivity contribution in [2.24, 2.45) is 5.92 Å². The molecule has 3 N–H and O–H groups in total. The lowest BCUT2D eigenvalue weighted by molar-refractivity contribution is -0.119. The van der Waals surface area contributed by atoms with Gasteiger partial charge in [0.2, 0.25) is 5.91 Å². The summed E-state index contributed by atoms with van der Waals surface area (Å²) in [6.07, 6.45) is 0. The van der Waals surface area contributed by atoms with Crippen LogP contribution < -0.4 is 20.7 Å². The molecule has 0 unspecified atom stereocenters. The van der Waals surface area contributed by atoms with Gasteiger partial charge >= 0.3 is 6.61 Å². The summed E-state index contributed by atoms with van der Waals surface area (Å²) < 4.78 is 31.1. The Labute approximate surface area is 174 Å². The highest BCUT2D eigenvalue weighted by atomic mass is 79.9. The summed E-state index contributed by atoms with van der Waals surface area (Å²) in [5.74, 6) is -1.22. The second-order valence-corrected chi connectivity index (χ2v) is 7.32. The van der Waals surface area contributed by atoms with Gasteiger partial charge in [0.1, 0.15) is 11.7 Å². The number of alkyl halides is 2. The molecule has 28 heavy (non-hydrogen) atoms. The minimum atomic E-state index is -2.99. The van der Waals surface area contributed by atoms with E-state index in [4.69, 9.17) is 12.2 Å². The Kier molecular flexibility index (Phi) is 6.25. The number of hydrogen-bond donors (Lipinski definition) is 3. The molecule has 0 aliphatic carbocycles. The zero-order chi connectivity index (χ0) is 20.3. The Hall–Kier alpha value is -2.52. The number of thiocarbonyl (C=S) groups is 1. The first kappa shape index (κ1) is 20.2. The zero-order valence-corrected chi connectivity index (χ0v) is 16.8. The summed E-state index contributed by atoms with van der Waals surface area (Å²) in [5.41, 5.74) is 1.32. The van der Waals surface area contributed by atoms with Crippen molar-refractivity contribution in [2.45, 2.75) is 12.7 Å². The van der Waals surface area contributed by atoms with Crippen molar-refractivity contribution in [1.82, 2.24) is 10.6 Å². The van der Waals surface area contributed by atoms with Crippen molar-refractivity contribution in [3.8, 4) is 5.75 Å². The van der Waals surface area contributed by atoms with Gasteiger partial charge in [-0.25, -0.2) is 0 Å². The summed E-state index contributed by atoms with van der Waals surface area (Å²) in [6, 6.07) is 12.6. The van der Waals surface area contributed by atoms with Gasteiger partial charge in [0.25, 0.3) is 0 Å². The van der Waals surface area contributed by atoms with Crippen LogP contribution in [0.2, 0.25) is 0 Å². The molecule has 1 saturated heterocycles. The molecule has 5 nitrogen and oxygen atoms in total. The van der Waals surface area contributed by atoms with Crippen molar-refractivity contribution < 1.29 is 18.3 Å². The molecule has 1 heterocycles. The molecule has 2 aromatic rings. The number of amides is 1. The molecular formula is C19H16BrF2N3O2S. The number of anilines is 1. The molecule has 2 aromatic carbocycles. The average molecular weight is 468 g/mol. The molecule has 1 fully saturated rings. The molecule has 146 valence electrons. The summed E-state index contributed by atoms with van der Waals surface area (Å²) in [5, 5.41) is 8.86. The predicted octanol–water partition coefficient (Wildman–Crippen LogP) is 4.34. The summed E-state index contributed by atoms with van der Waals surface area (Å²) >= 11 is 8.50. The second-order valence-electron chi connectivity index (χ2n) is 5.99. The summed E-state index contributed by atoms with van der Waals surface area (Å²) in [4.78, 5) is 13.0. The van der Waals surface area contributed by atoms with Crippen LogP contribution in [-0.4, -0.2) is 17.6 Å². The van der Waals surface area contributed by atoms with Gasteiger partial charge in [-0.15, -0.1) is 0 Å². The second kappa shape index (κ2) is 8.66. The van der Waals surface area contributed by atoms with E-state index in [1.54, 1.807) is 42.5 Å². The molecule has 0 spiro atoms. The van der Waals surface area contributed by atoms with Gasteiger partial charge in [-0.1, -0.05) is 40.7 Å². The van der Waals surface area contributed by atoms with Crippen LogP contribution in [0.3, 0.4) is 0 Å². The molecule has 3 rings (SSSR count). The average Bonchev–Trinajstić information content (AvgIpc) is 2.63. The van der Waals surface area contributed by atoms with E-state index < -0.39 is 18.6 Å². The van der Waals surface area contributed by atoms with Gasteiger partial charge in [0.05, 0.1) is 6.04 Å². The SMILES string of the molecule is C=C1NC(=S)N[C@@H](c2ccccc2OC(F)F)[C@@H]1C(=O)Nc1ccc(Br)cc1. The van der Waals surface area contributed by atoms with Crippen molar-refractivity contribution in [3.63, 3.8) is 0 Å². The van der Waals surface area contributed by atoms with Gasteiger partial charge in [-0.2, -0.15) is 8.78 Å². The molecule has 1 aliphatic rings. The van der Waals surface area contributed by atoms with E-state index in [1.165, 1.54) is 6.07 Å². The van der Waals surface area contributed by atoms with Crippen molar-refractivity contribution in [1.29, 1.82) is 0 Å². The third-order valence-electron chi connectivity index (χ3n) is 4.13. The lowest BCUT2D eigenvalue weighted by Crippen LogP contribution is -2.51. The molecule has 1 aliphatic heterocycles. The van der Waals surface area contributed by atoms with Crippen molar-refractivity contribution in [3.05, 3.63) is 70.8 Å². The van der Waals surface area contributed by atoms with Gasteiger partial charge in [0.15, 0.2) is 5.11 Å². The first-order valence-corrected chi connectivity index (χ1v) is 9.42. The summed E-state index contributed by atoms with van der Waals surface area (Å²) in [6.45, 7) is 0.901. The molecule has 1 amide bonds.